The fourth-order valence-corrected chi connectivity index (χ4v) is 1.07. The highest BCUT2D eigenvalue weighted by atomic mass is 32.1. The van der Waals surface area contributed by atoms with Crippen molar-refractivity contribution in [1.29, 1.82) is 0 Å². The Labute approximate surface area is 80.2 Å². The van der Waals surface area contributed by atoms with Crippen LogP contribution in [-0.2, 0) is 11.4 Å². The summed E-state index contributed by atoms with van der Waals surface area (Å²) in [5.74, 6) is -0.115. The molecule has 0 amide bonds. The molecule has 1 aromatic heterocycles. The zero-order valence-corrected chi connectivity index (χ0v) is 7.85. The van der Waals surface area contributed by atoms with Gasteiger partial charge in [-0.15, -0.1) is 0 Å². The second-order valence-corrected chi connectivity index (χ2v) is 2.88. The number of aromatic nitrogens is 1. The van der Waals surface area contributed by atoms with Crippen molar-refractivity contribution in [2.75, 3.05) is 0 Å². The molecule has 0 unspecified atom stereocenters. The van der Waals surface area contributed by atoms with Crippen LogP contribution in [0.4, 0.5) is 0 Å². The second-order valence-electron chi connectivity index (χ2n) is 2.44. The maximum absolute atomic E-state index is 10.6. The number of pyridine rings is 1. The van der Waals surface area contributed by atoms with Crippen molar-refractivity contribution in [1.82, 2.24) is 4.98 Å². The fraction of sp³-hybridized carbons (Fsp3) is 0.250. The number of H-pyrrole nitrogens is 1. The largest absolute Gasteiger partial charge is 0.424 e. The van der Waals surface area contributed by atoms with Gasteiger partial charge in [0.1, 0.15) is 0 Å². The minimum atomic E-state index is -0.420. The number of aromatic amines is 1. The number of hydrogen-bond donors (Lipinski definition) is 2. The van der Waals surface area contributed by atoms with Crippen molar-refractivity contribution in [3.05, 3.63) is 22.5 Å². The number of aliphatic hydroxyl groups excluding tert-OH is 1. The quantitative estimate of drug-likeness (QED) is 0.554. The highest BCUT2D eigenvalue weighted by molar-refractivity contribution is 7.71. The molecular formula is C8H9NO3S. The molecule has 0 aliphatic rings. The highest BCUT2D eigenvalue weighted by Crippen LogP contribution is 2.12. The van der Waals surface area contributed by atoms with Gasteiger partial charge >= 0.3 is 5.97 Å². The molecule has 0 aliphatic heterocycles. The lowest BCUT2D eigenvalue weighted by atomic mass is 10.3. The summed E-state index contributed by atoms with van der Waals surface area (Å²) in [4.78, 5) is 13.3. The molecule has 0 aliphatic carbocycles. The number of carbonyl (C=O) groups is 1. The molecule has 1 aromatic rings. The first-order chi connectivity index (χ1) is 6.13. The molecule has 0 fully saturated rings. The molecule has 5 heteroatoms. The van der Waals surface area contributed by atoms with Crippen molar-refractivity contribution < 1.29 is 14.6 Å². The van der Waals surface area contributed by atoms with E-state index in [4.69, 9.17) is 22.1 Å². The zero-order chi connectivity index (χ0) is 9.84. The Hall–Kier alpha value is -1.20. The van der Waals surface area contributed by atoms with Gasteiger partial charge in [-0.2, -0.15) is 0 Å². The molecule has 13 heavy (non-hydrogen) atoms. The summed E-state index contributed by atoms with van der Waals surface area (Å²) in [7, 11) is 0. The van der Waals surface area contributed by atoms with E-state index in [0.29, 0.717) is 16.0 Å². The van der Waals surface area contributed by atoms with Gasteiger partial charge in [0.2, 0.25) is 0 Å². The van der Waals surface area contributed by atoms with E-state index in [1.165, 1.54) is 13.1 Å². The molecule has 0 aromatic carbocycles. The summed E-state index contributed by atoms with van der Waals surface area (Å²) >= 11 is 4.92. The Morgan fingerprint density at radius 2 is 2.46 bits per heavy atom. The number of ether oxygens (including phenoxy) is 1. The summed E-state index contributed by atoms with van der Waals surface area (Å²) in [6.45, 7) is 1.18. The smallest absolute Gasteiger partial charge is 0.308 e. The average molecular weight is 199 g/mol. The van der Waals surface area contributed by atoms with Crippen molar-refractivity contribution in [3.8, 4) is 5.75 Å². The maximum atomic E-state index is 10.6. The minimum absolute atomic E-state index is 0.121. The van der Waals surface area contributed by atoms with Gasteiger partial charge in [-0.3, -0.25) is 4.79 Å². The van der Waals surface area contributed by atoms with Crippen LogP contribution in [0.3, 0.4) is 0 Å². The first kappa shape index (κ1) is 9.88. The monoisotopic (exact) mass is 199 g/mol. The predicted molar refractivity (Wildman–Crippen MR) is 48.9 cm³/mol. The molecule has 0 atom stereocenters. The van der Waals surface area contributed by atoms with Gasteiger partial charge in [0.25, 0.3) is 0 Å². The number of rotatable bonds is 2. The SMILES string of the molecule is CC(=O)Oc1c[nH]c(CO)cc1=S. The lowest BCUT2D eigenvalue weighted by Crippen LogP contribution is -2.02. The number of esters is 1. The molecule has 0 bridgehead atoms. The van der Waals surface area contributed by atoms with E-state index in [2.05, 4.69) is 4.98 Å². The Kier molecular flexibility index (Phi) is 3.16. The molecule has 1 rings (SSSR count). The van der Waals surface area contributed by atoms with Gasteiger partial charge in [0.15, 0.2) is 5.75 Å². The van der Waals surface area contributed by atoms with E-state index in [1.807, 2.05) is 0 Å². The second kappa shape index (κ2) is 4.15. The van der Waals surface area contributed by atoms with Gasteiger partial charge < -0.3 is 14.8 Å². The predicted octanol–water partition coefficient (Wildman–Crippen LogP) is 1.16. The van der Waals surface area contributed by atoms with Gasteiger partial charge in [-0.05, 0) is 6.07 Å². The van der Waals surface area contributed by atoms with Crippen molar-refractivity contribution in [2.45, 2.75) is 13.5 Å². The van der Waals surface area contributed by atoms with Crippen LogP contribution < -0.4 is 4.74 Å². The Balaban J connectivity index is 2.99. The average Bonchev–Trinajstić information content (AvgIpc) is 2.08. The van der Waals surface area contributed by atoms with E-state index in [1.54, 1.807) is 6.07 Å². The van der Waals surface area contributed by atoms with E-state index >= 15 is 0 Å². The van der Waals surface area contributed by atoms with Crippen LogP contribution in [0, 0.1) is 4.51 Å². The molecule has 70 valence electrons. The van der Waals surface area contributed by atoms with Gasteiger partial charge in [-0.1, -0.05) is 12.2 Å². The van der Waals surface area contributed by atoms with Crippen LogP contribution >= 0.6 is 12.2 Å². The first-order valence-electron chi connectivity index (χ1n) is 3.64. The van der Waals surface area contributed by atoms with Gasteiger partial charge in [0.05, 0.1) is 11.1 Å². The van der Waals surface area contributed by atoms with Gasteiger partial charge in [-0.25, -0.2) is 0 Å². The van der Waals surface area contributed by atoms with Crippen LogP contribution in [-0.4, -0.2) is 16.1 Å². The van der Waals surface area contributed by atoms with Crippen LogP contribution in [0.1, 0.15) is 12.6 Å². The number of aliphatic hydroxyl groups is 1. The summed E-state index contributed by atoms with van der Waals surface area (Å²) in [6, 6.07) is 1.55. The molecule has 1 heterocycles. The fourth-order valence-electron chi connectivity index (χ4n) is 0.826. The standard InChI is InChI=1S/C8H9NO3S/c1-5(11)12-7-3-9-6(4-10)2-8(7)13/h2-3,10H,4H2,1H3,(H,9,13). The number of nitrogens with one attached hydrogen (secondary N) is 1. The van der Waals surface area contributed by atoms with Crippen LogP contribution in [0.2, 0.25) is 0 Å². The highest BCUT2D eigenvalue weighted by Gasteiger charge is 2.01. The first-order valence-corrected chi connectivity index (χ1v) is 4.05. The molecule has 4 nitrogen and oxygen atoms in total. The third kappa shape index (κ3) is 2.64. The lowest BCUT2D eigenvalue weighted by molar-refractivity contribution is -0.131. The Morgan fingerprint density at radius 1 is 1.77 bits per heavy atom. The maximum Gasteiger partial charge on any atom is 0.308 e. The minimum Gasteiger partial charge on any atom is -0.424 e. The normalized spacial score (nSPS) is 9.69. The third-order valence-corrected chi connectivity index (χ3v) is 1.68. The summed E-state index contributed by atoms with van der Waals surface area (Å²) in [5.41, 5.74) is 0.584. The molecule has 0 radical (unpaired) electrons. The van der Waals surface area contributed by atoms with Crippen LogP contribution in [0.25, 0.3) is 0 Å². The Morgan fingerprint density at radius 3 is 2.92 bits per heavy atom. The third-order valence-electron chi connectivity index (χ3n) is 1.36. The molecule has 0 spiro atoms. The number of carbonyl (C=O) groups excluding carboxylic acids is 1. The summed E-state index contributed by atoms with van der Waals surface area (Å²) in [5, 5.41) is 8.75. The molecule has 0 saturated heterocycles. The molecule has 2 N–H and O–H groups in total. The van der Waals surface area contributed by atoms with Crippen LogP contribution in [0.15, 0.2) is 12.3 Å². The topological polar surface area (TPSA) is 62.3 Å². The molecular weight excluding hydrogens is 190 g/mol. The zero-order valence-electron chi connectivity index (χ0n) is 7.03. The molecule has 0 saturated carbocycles. The van der Waals surface area contributed by atoms with Crippen LogP contribution in [0.5, 0.6) is 5.75 Å². The van der Waals surface area contributed by atoms with E-state index in [0.717, 1.165) is 0 Å². The van der Waals surface area contributed by atoms with E-state index in [9.17, 15) is 4.79 Å². The van der Waals surface area contributed by atoms with Crippen molar-refractivity contribution in [2.24, 2.45) is 0 Å². The number of hydrogen-bond acceptors (Lipinski definition) is 4. The summed E-state index contributed by atoms with van der Waals surface area (Å²) < 4.78 is 5.19. The van der Waals surface area contributed by atoms with Crippen molar-refractivity contribution >= 4 is 18.2 Å². The van der Waals surface area contributed by atoms with Crippen molar-refractivity contribution in [3.63, 3.8) is 0 Å². The van der Waals surface area contributed by atoms with E-state index < -0.39 is 5.97 Å². The Bertz CT molecular complexity index is 372. The van der Waals surface area contributed by atoms with E-state index in [-0.39, 0.29) is 6.61 Å². The summed E-state index contributed by atoms with van der Waals surface area (Å²) in [6.07, 6.45) is 1.45. The van der Waals surface area contributed by atoms with Gasteiger partial charge in [0, 0.05) is 18.8 Å². The lowest BCUT2D eigenvalue weighted by Gasteiger charge is -2.02.